The molecular formula is C22H18ClN3O3S2. The highest BCUT2D eigenvalue weighted by Gasteiger charge is 2.28. The Bertz CT molecular complexity index is 1190. The van der Waals surface area contributed by atoms with Crippen LogP contribution >= 0.6 is 34.7 Å². The van der Waals surface area contributed by atoms with Crippen molar-refractivity contribution >= 4 is 67.3 Å². The highest BCUT2D eigenvalue weighted by Crippen LogP contribution is 2.34. The van der Waals surface area contributed by atoms with E-state index in [9.17, 15) is 9.59 Å². The van der Waals surface area contributed by atoms with Crippen molar-refractivity contribution in [2.45, 2.75) is 18.9 Å². The molecule has 158 valence electrons. The molecule has 0 aliphatic carbocycles. The Kier molecular flexibility index (Phi) is 5.60. The maximum atomic E-state index is 11.7. The molecule has 31 heavy (non-hydrogen) atoms. The average molecular weight is 472 g/mol. The number of amides is 2. The molecule has 1 atom stereocenters. The predicted octanol–water partition coefficient (Wildman–Crippen LogP) is 5.32. The van der Waals surface area contributed by atoms with Gasteiger partial charge in [-0.25, -0.2) is 4.98 Å². The number of fused-ring (bicyclic) bond motifs is 1. The molecule has 2 aliphatic rings. The molecule has 1 N–H and O–H groups in total. The number of ether oxygens (including phenoxy) is 1. The minimum atomic E-state index is -0.353. The van der Waals surface area contributed by atoms with Crippen molar-refractivity contribution in [2.24, 2.45) is 0 Å². The predicted molar refractivity (Wildman–Crippen MR) is 126 cm³/mol. The van der Waals surface area contributed by atoms with Gasteiger partial charge in [0.25, 0.3) is 11.1 Å². The maximum absolute atomic E-state index is 11.7. The number of nitrogens with zero attached hydrogens (tertiary/aromatic N) is 2. The Hall–Kier alpha value is -2.55. The number of imide groups is 1. The number of halogens is 1. The Morgan fingerprint density at radius 1 is 1.23 bits per heavy atom. The highest BCUT2D eigenvalue weighted by atomic mass is 35.5. The lowest BCUT2D eigenvalue weighted by Crippen LogP contribution is -2.34. The average Bonchev–Trinajstić information content (AvgIpc) is 3.45. The van der Waals surface area contributed by atoms with Gasteiger partial charge in [-0.3, -0.25) is 14.9 Å². The van der Waals surface area contributed by atoms with Crippen molar-refractivity contribution in [1.29, 1.82) is 0 Å². The molecule has 2 amide bonds. The molecular weight excluding hydrogens is 454 g/mol. The van der Waals surface area contributed by atoms with Gasteiger partial charge < -0.3 is 9.64 Å². The van der Waals surface area contributed by atoms with E-state index < -0.39 is 0 Å². The van der Waals surface area contributed by atoms with Gasteiger partial charge in [-0.1, -0.05) is 35.1 Å². The van der Waals surface area contributed by atoms with Crippen molar-refractivity contribution in [3.05, 3.63) is 58.0 Å². The van der Waals surface area contributed by atoms with E-state index in [1.54, 1.807) is 17.4 Å². The van der Waals surface area contributed by atoms with E-state index >= 15 is 0 Å². The number of hydrogen-bond acceptors (Lipinski definition) is 7. The van der Waals surface area contributed by atoms with Crippen LogP contribution in [-0.2, 0) is 4.79 Å². The third-order valence-corrected chi connectivity index (χ3v) is 7.33. The number of aromatic nitrogens is 1. The summed E-state index contributed by atoms with van der Waals surface area (Å²) < 4.78 is 7.15. The van der Waals surface area contributed by atoms with Crippen molar-refractivity contribution in [1.82, 2.24) is 10.3 Å². The second-order valence-electron chi connectivity index (χ2n) is 7.33. The third kappa shape index (κ3) is 4.42. The zero-order valence-electron chi connectivity index (χ0n) is 16.3. The Balaban J connectivity index is 1.24. The molecule has 1 aromatic heterocycles. The van der Waals surface area contributed by atoms with Crippen LogP contribution in [0.25, 0.3) is 16.3 Å². The molecule has 3 heterocycles. The molecule has 2 fully saturated rings. The van der Waals surface area contributed by atoms with E-state index in [4.69, 9.17) is 21.3 Å². The summed E-state index contributed by atoms with van der Waals surface area (Å²) in [6.07, 6.45) is 3.86. The van der Waals surface area contributed by atoms with Gasteiger partial charge in [0.1, 0.15) is 12.4 Å². The number of thiazole rings is 1. The minimum Gasteiger partial charge on any atom is -0.491 e. The summed E-state index contributed by atoms with van der Waals surface area (Å²) in [6, 6.07) is 13.6. The first-order valence-corrected chi connectivity index (χ1v) is 11.9. The van der Waals surface area contributed by atoms with Crippen LogP contribution in [0.3, 0.4) is 0 Å². The van der Waals surface area contributed by atoms with E-state index in [1.807, 2.05) is 42.5 Å². The Morgan fingerprint density at radius 3 is 2.84 bits per heavy atom. The van der Waals surface area contributed by atoms with Crippen LogP contribution in [-0.4, -0.2) is 35.3 Å². The summed E-state index contributed by atoms with van der Waals surface area (Å²) in [5, 5.41) is 3.65. The van der Waals surface area contributed by atoms with Crippen molar-refractivity contribution in [3.8, 4) is 5.75 Å². The quantitative estimate of drug-likeness (QED) is 0.508. The van der Waals surface area contributed by atoms with Crippen molar-refractivity contribution in [2.75, 3.05) is 18.1 Å². The smallest absolute Gasteiger partial charge is 0.290 e. The number of anilines is 1. The van der Waals surface area contributed by atoms with Gasteiger partial charge >= 0.3 is 0 Å². The van der Waals surface area contributed by atoms with Gasteiger partial charge in [0.15, 0.2) is 5.13 Å². The summed E-state index contributed by atoms with van der Waals surface area (Å²) in [4.78, 5) is 30.4. The van der Waals surface area contributed by atoms with Crippen LogP contribution in [0, 0.1) is 0 Å². The summed E-state index contributed by atoms with van der Waals surface area (Å²) in [5.41, 5.74) is 1.81. The zero-order chi connectivity index (χ0) is 21.4. The van der Waals surface area contributed by atoms with Crippen molar-refractivity contribution < 1.29 is 14.3 Å². The van der Waals surface area contributed by atoms with E-state index in [1.165, 1.54) is 0 Å². The van der Waals surface area contributed by atoms with Gasteiger partial charge in [-0.2, -0.15) is 0 Å². The lowest BCUT2D eigenvalue weighted by molar-refractivity contribution is -0.115. The van der Waals surface area contributed by atoms with Gasteiger partial charge in [0.2, 0.25) is 0 Å². The maximum Gasteiger partial charge on any atom is 0.290 e. The molecule has 0 unspecified atom stereocenters. The summed E-state index contributed by atoms with van der Waals surface area (Å²) >= 11 is 8.69. The van der Waals surface area contributed by atoms with Crippen LogP contribution in [0.5, 0.6) is 5.75 Å². The second-order valence-corrected chi connectivity index (χ2v) is 9.79. The monoisotopic (exact) mass is 471 g/mol. The molecule has 0 spiro atoms. The van der Waals surface area contributed by atoms with E-state index in [-0.39, 0.29) is 17.2 Å². The summed E-state index contributed by atoms with van der Waals surface area (Å²) in [5.74, 6) is 0.415. The van der Waals surface area contributed by atoms with Crippen LogP contribution in [0.1, 0.15) is 18.4 Å². The van der Waals surface area contributed by atoms with Gasteiger partial charge in [-0.15, -0.1) is 0 Å². The van der Waals surface area contributed by atoms with Crippen LogP contribution in [0.15, 0.2) is 47.4 Å². The zero-order valence-corrected chi connectivity index (χ0v) is 18.7. The van der Waals surface area contributed by atoms with Crippen LogP contribution in [0.2, 0.25) is 5.02 Å². The van der Waals surface area contributed by atoms with Crippen molar-refractivity contribution in [3.63, 3.8) is 0 Å². The first-order valence-electron chi connectivity index (χ1n) is 9.86. The molecule has 3 aromatic rings. The number of rotatable bonds is 5. The van der Waals surface area contributed by atoms with E-state index in [0.717, 1.165) is 62.8 Å². The molecule has 0 bridgehead atoms. The first kappa shape index (κ1) is 20.4. The number of nitrogens with one attached hydrogen (secondary N) is 1. The molecule has 2 aliphatic heterocycles. The van der Waals surface area contributed by atoms with Crippen LogP contribution in [0.4, 0.5) is 9.93 Å². The summed E-state index contributed by atoms with van der Waals surface area (Å²) in [7, 11) is 0. The fourth-order valence-corrected chi connectivity index (χ4v) is 5.72. The lowest BCUT2D eigenvalue weighted by Gasteiger charge is -2.24. The molecule has 0 radical (unpaired) electrons. The van der Waals surface area contributed by atoms with Crippen LogP contribution < -0.4 is 15.0 Å². The number of benzene rings is 2. The number of carbonyl (C=O) groups excluding carboxylic acids is 2. The van der Waals surface area contributed by atoms with Gasteiger partial charge in [0.05, 0.1) is 21.2 Å². The molecule has 0 saturated carbocycles. The topological polar surface area (TPSA) is 71.5 Å². The van der Waals surface area contributed by atoms with Gasteiger partial charge in [0, 0.05) is 11.6 Å². The number of hydrogen-bond donors (Lipinski definition) is 1. The minimum absolute atomic E-state index is 0.266. The Labute approximate surface area is 192 Å². The normalized spacial score (nSPS) is 20.1. The molecule has 2 saturated heterocycles. The van der Waals surface area contributed by atoms with E-state index in [2.05, 4.69) is 10.2 Å². The molecule has 6 nitrogen and oxygen atoms in total. The van der Waals surface area contributed by atoms with E-state index in [0.29, 0.717) is 11.5 Å². The SMILES string of the molecule is O=C1NC(=O)/C(=C/c2ccc(OC[C@@H]3CCCN3c3nc4ccc(Cl)cc4s3)cc2)S1. The van der Waals surface area contributed by atoms with Gasteiger partial charge in [-0.05, 0) is 66.6 Å². The molecule has 2 aromatic carbocycles. The fourth-order valence-electron chi connectivity index (χ4n) is 3.70. The number of carbonyl (C=O) groups is 2. The standard InChI is InChI=1S/C22H18ClN3O3S2/c23-14-5-8-17-18(11-14)30-21(24-17)26-9-1-2-15(26)12-29-16-6-3-13(4-7-16)10-19-20(27)25-22(28)31-19/h3-8,10-11,15H,1-2,9,12H2,(H,25,27,28)/b19-10-/t15-/m0/s1. The first-order chi connectivity index (χ1) is 15.0. The fraction of sp³-hybridized carbons (Fsp3) is 0.227. The molecule has 5 rings (SSSR count). The highest BCUT2D eigenvalue weighted by molar-refractivity contribution is 8.18. The molecule has 9 heteroatoms. The second kappa shape index (κ2) is 8.53. The largest absolute Gasteiger partial charge is 0.491 e. The number of thioether (sulfide) groups is 1. The lowest BCUT2D eigenvalue weighted by atomic mass is 10.2. The third-order valence-electron chi connectivity index (χ3n) is 5.22. The summed E-state index contributed by atoms with van der Waals surface area (Å²) in [6.45, 7) is 1.54. The Morgan fingerprint density at radius 2 is 2.06 bits per heavy atom.